The molecule has 1 amide bonds. The number of amides is 1. The van der Waals surface area contributed by atoms with Crippen molar-refractivity contribution < 1.29 is 18.9 Å². The van der Waals surface area contributed by atoms with Crippen molar-refractivity contribution in [3.05, 3.63) is 41.7 Å². The maximum absolute atomic E-state index is 12.0. The van der Waals surface area contributed by atoms with Crippen LogP contribution in [0, 0.1) is 0 Å². The number of aromatic nitrogens is 1. The van der Waals surface area contributed by atoms with Crippen molar-refractivity contribution in [3.63, 3.8) is 0 Å². The van der Waals surface area contributed by atoms with Crippen LogP contribution in [-0.4, -0.2) is 23.9 Å². The zero-order chi connectivity index (χ0) is 15.9. The van der Waals surface area contributed by atoms with Gasteiger partial charge in [0.25, 0.3) is 11.8 Å². The second-order valence-corrected chi connectivity index (χ2v) is 4.67. The summed E-state index contributed by atoms with van der Waals surface area (Å²) in [4.78, 5) is 17.0. The van der Waals surface area contributed by atoms with Crippen molar-refractivity contribution in [3.8, 4) is 11.6 Å². The summed E-state index contributed by atoms with van der Waals surface area (Å²) in [5.41, 5.74) is 1.29. The molecule has 0 radical (unpaired) electrons. The fourth-order valence-corrected chi connectivity index (χ4v) is 1.57. The fraction of sp³-hybridized carbons (Fsp3) is 0.267. The predicted octanol–water partition coefficient (Wildman–Crippen LogP) is 2.39. The Bertz CT molecular complexity index is 658. The van der Waals surface area contributed by atoms with Crippen LogP contribution < -0.4 is 14.9 Å². The minimum absolute atomic E-state index is 0.204. The van der Waals surface area contributed by atoms with Crippen LogP contribution in [-0.2, 0) is 6.54 Å². The third-order valence-electron chi connectivity index (χ3n) is 2.63. The minimum Gasteiger partial charge on any atom is -0.497 e. The van der Waals surface area contributed by atoms with E-state index in [2.05, 4.69) is 15.6 Å². The van der Waals surface area contributed by atoms with Gasteiger partial charge in [-0.3, -0.25) is 4.79 Å². The Balaban J connectivity index is 1.89. The Morgan fingerprint density at radius 2 is 2.05 bits per heavy atom. The molecule has 0 spiro atoms. The number of nitrogens with zero attached hydrogens (tertiary/aromatic N) is 2. The van der Waals surface area contributed by atoms with Crippen LogP contribution in [0.2, 0.25) is 0 Å². The van der Waals surface area contributed by atoms with Gasteiger partial charge in [-0.25, -0.2) is 0 Å². The molecule has 2 aromatic rings. The first-order chi connectivity index (χ1) is 10.6. The summed E-state index contributed by atoms with van der Waals surface area (Å²) in [6.07, 6.45) is 0. The third-order valence-corrected chi connectivity index (χ3v) is 2.63. The highest BCUT2D eigenvalue weighted by Crippen LogP contribution is 2.13. The van der Waals surface area contributed by atoms with Crippen molar-refractivity contribution in [2.45, 2.75) is 20.4 Å². The van der Waals surface area contributed by atoms with Gasteiger partial charge < -0.3 is 19.4 Å². The van der Waals surface area contributed by atoms with Gasteiger partial charge in [-0.15, -0.1) is 0 Å². The molecule has 2 rings (SSSR count). The number of methoxy groups -OCH3 is 1. The Morgan fingerprint density at radius 1 is 1.32 bits per heavy atom. The number of carbonyl (C=O) groups is 1. The molecule has 1 aromatic heterocycles. The van der Waals surface area contributed by atoms with E-state index in [1.54, 1.807) is 51.3 Å². The number of benzene rings is 1. The molecule has 0 aliphatic rings. The summed E-state index contributed by atoms with van der Waals surface area (Å²) in [7, 11) is 1.57. The van der Waals surface area contributed by atoms with Crippen molar-refractivity contribution in [1.82, 2.24) is 10.5 Å². The monoisotopic (exact) mass is 303 g/mol. The summed E-state index contributed by atoms with van der Waals surface area (Å²) < 4.78 is 10.1. The van der Waals surface area contributed by atoms with Crippen LogP contribution in [0.1, 0.15) is 30.0 Å². The van der Waals surface area contributed by atoms with E-state index in [4.69, 9.17) is 14.1 Å². The lowest BCUT2D eigenvalue weighted by Gasteiger charge is -2.04. The van der Waals surface area contributed by atoms with Crippen molar-refractivity contribution in [2.24, 2.45) is 5.16 Å². The summed E-state index contributed by atoms with van der Waals surface area (Å²) in [6.45, 7) is 3.81. The Labute approximate surface area is 127 Å². The molecule has 0 aliphatic heterocycles. The average molecular weight is 303 g/mol. The van der Waals surface area contributed by atoms with Gasteiger partial charge >= 0.3 is 0 Å². The van der Waals surface area contributed by atoms with Gasteiger partial charge in [0.1, 0.15) is 5.75 Å². The number of hydrogen-bond acceptors (Lipinski definition) is 6. The van der Waals surface area contributed by atoms with E-state index in [0.29, 0.717) is 17.1 Å². The molecular formula is C15H17N3O4. The highest BCUT2D eigenvalue weighted by Gasteiger charge is 2.09. The maximum atomic E-state index is 12.0. The van der Waals surface area contributed by atoms with Crippen LogP contribution >= 0.6 is 0 Å². The molecule has 0 unspecified atom stereocenters. The Morgan fingerprint density at radius 3 is 2.68 bits per heavy atom. The molecule has 0 saturated heterocycles. The van der Waals surface area contributed by atoms with E-state index < -0.39 is 0 Å². The summed E-state index contributed by atoms with van der Waals surface area (Å²) in [6, 6.07) is 8.38. The lowest BCUT2D eigenvalue weighted by molar-refractivity contribution is 0.0947. The van der Waals surface area contributed by atoms with E-state index in [1.165, 1.54) is 0 Å². The molecule has 0 aliphatic carbocycles. The largest absolute Gasteiger partial charge is 0.497 e. The van der Waals surface area contributed by atoms with Crippen LogP contribution in [0.5, 0.6) is 11.6 Å². The normalized spacial score (nSPS) is 9.95. The molecule has 0 saturated carbocycles. The minimum atomic E-state index is -0.219. The zero-order valence-electron chi connectivity index (χ0n) is 12.6. The van der Waals surface area contributed by atoms with Crippen LogP contribution in [0.15, 0.2) is 40.0 Å². The van der Waals surface area contributed by atoms with Gasteiger partial charge in [0, 0.05) is 11.6 Å². The summed E-state index contributed by atoms with van der Waals surface area (Å²) in [5, 5.41) is 10.2. The lowest BCUT2D eigenvalue weighted by atomic mass is 10.2. The number of rotatable bonds is 6. The first-order valence-electron chi connectivity index (χ1n) is 6.64. The molecule has 7 nitrogen and oxygen atoms in total. The zero-order valence-corrected chi connectivity index (χ0v) is 12.6. The van der Waals surface area contributed by atoms with Gasteiger partial charge in [0.2, 0.25) is 0 Å². The van der Waals surface area contributed by atoms with E-state index in [9.17, 15) is 4.79 Å². The highest BCUT2D eigenvalue weighted by atomic mass is 16.7. The fourth-order valence-electron chi connectivity index (χ4n) is 1.57. The average Bonchev–Trinajstić information content (AvgIpc) is 2.98. The lowest BCUT2D eigenvalue weighted by Crippen LogP contribution is -2.22. The molecule has 0 fully saturated rings. The first-order valence-corrected chi connectivity index (χ1v) is 6.64. The standard InChI is InChI=1S/C15H17N3O4/c1-10(2)17-22-14-8-13(21-18-14)9-16-15(19)11-4-6-12(20-3)7-5-11/h4-8H,9H2,1-3H3,(H,16,19). The molecule has 7 heteroatoms. The molecule has 1 aromatic carbocycles. The van der Waals surface area contributed by atoms with Crippen LogP contribution in [0.25, 0.3) is 0 Å². The van der Waals surface area contributed by atoms with Gasteiger partial charge in [0.05, 0.1) is 19.4 Å². The van der Waals surface area contributed by atoms with Crippen LogP contribution in [0.4, 0.5) is 0 Å². The summed E-state index contributed by atoms with van der Waals surface area (Å²) in [5.74, 6) is 1.19. The van der Waals surface area contributed by atoms with Crippen molar-refractivity contribution in [1.29, 1.82) is 0 Å². The molecule has 0 atom stereocenters. The predicted molar refractivity (Wildman–Crippen MR) is 80.1 cm³/mol. The van der Waals surface area contributed by atoms with Gasteiger partial charge in [-0.1, -0.05) is 5.16 Å². The van der Waals surface area contributed by atoms with Gasteiger partial charge in [0.15, 0.2) is 5.76 Å². The number of oxime groups is 1. The molecular weight excluding hydrogens is 286 g/mol. The second-order valence-electron chi connectivity index (χ2n) is 4.67. The SMILES string of the molecule is COc1ccc(C(=O)NCc2cc(ON=C(C)C)no2)cc1. The number of ether oxygens (including phenoxy) is 1. The topological polar surface area (TPSA) is 86.0 Å². The molecule has 116 valence electrons. The van der Waals surface area contributed by atoms with E-state index in [0.717, 1.165) is 5.71 Å². The molecule has 1 N–H and O–H groups in total. The smallest absolute Gasteiger partial charge is 0.288 e. The molecule has 0 bridgehead atoms. The maximum Gasteiger partial charge on any atom is 0.288 e. The second kappa shape index (κ2) is 7.26. The Hall–Kier alpha value is -2.83. The first kappa shape index (κ1) is 15.6. The van der Waals surface area contributed by atoms with Gasteiger partial charge in [-0.05, 0) is 43.3 Å². The van der Waals surface area contributed by atoms with E-state index >= 15 is 0 Å². The summed E-state index contributed by atoms with van der Waals surface area (Å²) >= 11 is 0. The van der Waals surface area contributed by atoms with Crippen molar-refractivity contribution >= 4 is 11.6 Å². The highest BCUT2D eigenvalue weighted by molar-refractivity contribution is 5.94. The molecule has 1 heterocycles. The molecule has 22 heavy (non-hydrogen) atoms. The van der Waals surface area contributed by atoms with Gasteiger partial charge in [-0.2, -0.15) is 0 Å². The number of hydrogen-bond donors (Lipinski definition) is 1. The van der Waals surface area contributed by atoms with Crippen LogP contribution in [0.3, 0.4) is 0 Å². The van der Waals surface area contributed by atoms with E-state index in [-0.39, 0.29) is 18.3 Å². The van der Waals surface area contributed by atoms with Crippen molar-refractivity contribution in [2.75, 3.05) is 7.11 Å². The number of nitrogens with one attached hydrogen (secondary N) is 1. The quantitative estimate of drug-likeness (QED) is 0.654. The van der Waals surface area contributed by atoms with E-state index in [1.807, 2.05) is 0 Å². The Kier molecular flexibility index (Phi) is 5.13. The number of carbonyl (C=O) groups excluding carboxylic acids is 1. The third kappa shape index (κ3) is 4.34.